The van der Waals surface area contributed by atoms with Crippen molar-refractivity contribution < 1.29 is 8.83 Å². The van der Waals surface area contributed by atoms with E-state index < -0.39 is 0 Å². The summed E-state index contributed by atoms with van der Waals surface area (Å²) < 4.78 is 11.2. The molecular formula is C20H17N5O2S2. The number of hydrogen-bond donors (Lipinski definition) is 1. The van der Waals surface area contributed by atoms with Crippen LogP contribution in [-0.4, -0.2) is 20.9 Å². The van der Waals surface area contributed by atoms with Gasteiger partial charge >= 0.3 is 0 Å². The number of anilines is 1. The molecule has 1 unspecified atom stereocenters. The molecular weight excluding hydrogens is 406 g/mol. The molecule has 0 saturated carbocycles. The molecule has 1 atom stereocenters. The number of H-pyrrole nitrogens is 1. The van der Waals surface area contributed by atoms with E-state index in [9.17, 15) is 0 Å². The van der Waals surface area contributed by atoms with E-state index in [0.717, 1.165) is 39.2 Å². The highest BCUT2D eigenvalue weighted by Crippen LogP contribution is 2.41. The summed E-state index contributed by atoms with van der Waals surface area (Å²) in [5.41, 5.74) is 4.13. The monoisotopic (exact) mass is 423 g/mol. The van der Waals surface area contributed by atoms with Crippen LogP contribution in [0.3, 0.4) is 0 Å². The van der Waals surface area contributed by atoms with Crippen molar-refractivity contribution in [2.45, 2.75) is 26.3 Å². The van der Waals surface area contributed by atoms with Gasteiger partial charge in [0.25, 0.3) is 10.7 Å². The Morgan fingerprint density at radius 1 is 1.21 bits per heavy atom. The maximum Gasteiger partial charge on any atom is 0.284 e. The lowest BCUT2D eigenvalue weighted by atomic mass is 10.0. The summed E-state index contributed by atoms with van der Waals surface area (Å²) in [6, 6.07) is 12.2. The number of hydrogen-bond acceptors (Lipinski definition) is 8. The molecule has 0 amide bonds. The molecule has 1 aliphatic heterocycles. The van der Waals surface area contributed by atoms with Gasteiger partial charge in [-0.2, -0.15) is 5.10 Å². The number of nitrogens with one attached hydrogen (secondary N) is 1. The molecule has 1 aliphatic rings. The first-order valence-corrected chi connectivity index (χ1v) is 10.3. The van der Waals surface area contributed by atoms with Gasteiger partial charge in [-0.3, -0.25) is 0 Å². The topological polar surface area (TPSA) is 83.5 Å². The molecule has 4 aromatic rings. The first-order valence-electron chi connectivity index (χ1n) is 9.09. The van der Waals surface area contributed by atoms with Gasteiger partial charge < -0.3 is 8.83 Å². The van der Waals surface area contributed by atoms with Crippen LogP contribution in [0.2, 0.25) is 0 Å². The van der Waals surface area contributed by atoms with E-state index in [2.05, 4.69) is 41.4 Å². The Kier molecular flexibility index (Phi) is 4.40. The van der Waals surface area contributed by atoms with E-state index in [4.69, 9.17) is 31.1 Å². The minimum Gasteiger partial charge on any atom is -0.467 e. The van der Waals surface area contributed by atoms with Crippen molar-refractivity contribution in [3.05, 3.63) is 70.1 Å². The summed E-state index contributed by atoms with van der Waals surface area (Å²) in [5, 5.41) is 14.4. The molecule has 0 spiro atoms. The van der Waals surface area contributed by atoms with Gasteiger partial charge in [0.2, 0.25) is 5.13 Å². The van der Waals surface area contributed by atoms with Gasteiger partial charge in [-0.1, -0.05) is 41.2 Å². The Morgan fingerprint density at radius 3 is 2.72 bits per heavy atom. The van der Waals surface area contributed by atoms with Crippen molar-refractivity contribution in [1.29, 1.82) is 0 Å². The predicted octanol–water partition coefficient (Wildman–Crippen LogP) is 5.42. The van der Waals surface area contributed by atoms with Crippen molar-refractivity contribution in [2.24, 2.45) is 5.10 Å². The third-order valence-corrected chi connectivity index (χ3v) is 6.09. The van der Waals surface area contributed by atoms with E-state index in [1.54, 1.807) is 6.26 Å². The third kappa shape index (κ3) is 3.32. The fourth-order valence-electron chi connectivity index (χ4n) is 3.32. The highest BCUT2D eigenvalue weighted by molar-refractivity contribution is 7.71. The Hall–Kier alpha value is -3.04. The highest BCUT2D eigenvalue weighted by atomic mass is 32.1. The van der Waals surface area contributed by atoms with Crippen LogP contribution in [0.15, 0.2) is 56.6 Å². The molecule has 146 valence electrons. The van der Waals surface area contributed by atoms with Crippen LogP contribution in [0.25, 0.3) is 10.8 Å². The second-order valence-electron chi connectivity index (χ2n) is 6.82. The molecule has 7 nitrogen and oxygen atoms in total. The van der Waals surface area contributed by atoms with Gasteiger partial charge in [0.1, 0.15) is 16.7 Å². The van der Waals surface area contributed by atoms with Crippen LogP contribution in [0.5, 0.6) is 0 Å². The van der Waals surface area contributed by atoms with Gasteiger partial charge in [0, 0.05) is 6.42 Å². The molecule has 1 aromatic carbocycles. The Labute approximate surface area is 175 Å². The van der Waals surface area contributed by atoms with Crippen LogP contribution < -0.4 is 5.01 Å². The van der Waals surface area contributed by atoms with Crippen LogP contribution >= 0.6 is 23.6 Å². The first kappa shape index (κ1) is 18.0. The zero-order valence-electron chi connectivity index (χ0n) is 15.7. The smallest absolute Gasteiger partial charge is 0.284 e. The van der Waals surface area contributed by atoms with Gasteiger partial charge in [-0.05, 0) is 43.8 Å². The molecule has 9 heteroatoms. The quantitative estimate of drug-likeness (QED) is 0.441. The van der Waals surface area contributed by atoms with Gasteiger partial charge in [-0.15, -0.1) is 5.10 Å². The molecule has 3 aromatic heterocycles. The van der Waals surface area contributed by atoms with Crippen LogP contribution in [0.1, 0.15) is 35.0 Å². The number of thiazole rings is 1. The van der Waals surface area contributed by atoms with Crippen LogP contribution in [0, 0.1) is 18.7 Å². The Balaban J connectivity index is 1.56. The van der Waals surface area contributed by atoms with Crippen LogP contribution in [-0.2, 0) is 0 Å². The molecule has 29 heavy (non-hydrogen) atoms. The molecule has 0 fully saturated rings. The molecule has 0 radical (unpaired) electrons. The standard InChI is InChI=1S/C20H17N5O2S2/c1-11-5-7-13(8-6-11)14-10-15(16-4-3-9-26-16)25(24-14)19-21-12(2)17(29-19)18-22-23-20(28)27-18/h3-9,15H,10H2,1-2H3,(H,23,28). The number of aromatic amines is 1. The molecule has 0 bridgehead atoms. The summed E-state index contributed by atoms with van der Waals surface area (Å²) in [5.74, 6) is 1.29. The lowest BCUT2D eigenvalue weighted by Crippen LogP contribution is -2.17. The SMILES string of the molecule is Cc1ccc(C2=NN(c3nc(C)c(-c4n[nH]c(=S)o4)s3)C(c3ccco3)C2)cc1. The van der Waals surface area contributed by atoms with E-state index >= 15 is 0 Å². The van der Waals surface area contributed by atoms with E-state index in [1.807, 2.05) is 24.1 Å². The fourth-order valence-corrected chi connectivity index (χ4v) is 4.43. The van der Waals surface area contributed by atoms with Gasteiger partial charge in [0.15, 0.2) is 0 Å². The number of rotatable bonds is 4. The summed E-state index contributed by atoms with van der Waals surface area (Å²) >= 11 is 6.46. The first-order chi connectivity index (χ1) is 14.1. The minimum atomic E-state index is -0.0645. The number of benzene rings is 1. The summed E-state index contributed by atoms with van der Waals surface area (Å²) in [7, 11) is 0. The molecule has 0 saturated heterocycles. The maximum atomic E-state index is 5.71. The summed E-state index contributed by atoms with van der Waals surface area (Å²) in [4.78, 5) is 5.79. The minimum absolute atomic E-state index is 0.0645. The average Bonchev–Trinajstić information content (AvgIpc) is 3.48. The zero-order valence-corrected chi connectivity index (χ0v) is 17.4. The zero-order chi connectivity index (χ0) is 20.0. The highest BCUT2D eigenvalue weighted by Gasteiger charge is 2.34. The lowest BCUT2D eigenvalue weighted by Gasteiger charge is -2.18. The largest absolute Gasteiger partial charge is 0.467 e. The maximum absolute atomic E-state index is 5.71. The van der Waals surface area contributed by atoms with Crippen molar-refractivity contribution >= 4 is 34.4 Å². The molecule has 0 aliphatic carbocycles. The average molecular weight is 424 g/mol. The second kappa shape index (κ2) is 7.09. The Bertz CT molecular complexity index is 1230. The molecule has 5 rings (SSSR count). The molecule has 1 N–H and O–H groups in total. The number of aromatic nitrogens is 3. The lowest BCUT2D eigenvalue weighted by molar-refractivity contribution is 0.465. The third-order valence-electron chi connectivity index (χ3n) is 4.78. The Morgan fingerprint density at radius 2 is 2.03 bits per heavy atom. The van der Waals surface area contributed by atoms with Crippen molar-refractivity contribution in [1.82, 2.24) is 15.2 Å². The molecule has 4 heterocycles. The summed E-state index contributed by atoms with van der Waals surface area (Å²) in [6.07, 6.45) is 2.41. The summed E-state index contributed by atoms with van der Waals surface area (Å²) in [6.45, 7) is 4.00. The normalized spacial score (nSPS) is 16.4. The second-order valence-corrected chi connectivity index (χ2v) is 8.17. The van der Waals surface area contributed by atoms with Crippen molar-refractivity contribution in [2.75, 3.05) is 5.01 Å². The van der Waals surface area contributed by atoms with Crippen molar-refractivity contribution in [3.8, 4) is 10.8 Å². The van der Waals surface area contributed by atoms with Crippen molar-refractivity contribution in [3.63, 3.8) is 0 Å². The number of aryl methyl sites for hydroxylation is 2. The van der Waals surface area contributed by atoms with Gasteiger partial charge in [0.05, 0.1) is 17.7 Å². The predicted molar refractivity (Wildman–Crippen MR) is 114 cm³/mol. The van der Waals surface area contributed by atoms with Crippen LogP contribution in [0.4, 0.5) is 5.13 Å². The van der Waals surface area contributed by atoms with E-state index in [-0.39, 0.29) is 10.9 Å². The number of furan rings is 1. The van der Waals surface area contributed by atoms with E-state index in [0.29, 0.717) is 5.89 Å². The van der Waals surface area contributed by atoms with E-state index in [1.165, 1.54) is 16.9 Å². The number of nitrogens with zero attached hydrogens (tertiary/aromatic N) is 4. The number of hydrazone groups is 1. The van der Waals surface area contributed by atoms with Gasteiger partial charge in [-0.25, -0.2) is 15.1 Å². The fraction of sp³-hybridized carbons (Fsp3) is 0.200.